The minimum atomic E-state index is -0.351. The lowest BCUT2D eigenvalue weighted by Crippen LogP contribution is -2.46. The zero-order chi connectivity index (χ0) is 27.1. The van der Waals surface area contributed by atoms with Gasteiger partial charge in [-0.2, -0.15) is 0 Å². The van der Waals surface area contributed by atoms with Crippen molar-refractivity contribution in [2.75, 3.05) is 34.3 Å². The van der Waals surface area contributed by atoms with Crippen molar-refractivity contribution in [2.24, 2.45) is 0 Å². The Hall–Kier alpha value is -4.33. The quantitative estimate of drug-likeness (QED) is 0.320. The molecule has 0 aliphatic rings. The lowest BCUT2D eigenvalue weighted by Gasteiger charge is -2.30. The van der Waals surface area contributed by atoms with E-state index in [9.17, 15) is 14.0 Å². The molecule has 1 aromatic heterocycles. The molecule has 198 valence electrons. The number of hydrogen-bond donors (Lipinski definition) is 1. The molecule has 0 atom stereocenters. The van der Waals surface area contributed by atoms with Gasteiger partial charge in [-0.05, 0) is 41.8 Å². The maximum atomic E-state index is 13.8. The first-order valence-corrected chi connectivity index (χ1v) is 12.5. The largest absolute Gasteiger partial charge is 0.496 e. The average Bonchev–Trinajstić information content (AvgIpc) is 3.34. The molecule has 0 unspecified atom stereocenters. The Morgan fingerprint density at radius 3 is 2.32 bits per heavy atom. The number of hydrogen-bond acceptors (Lipinski definition) is 3. The Morgan fingerprint density at radius 2 is 1.58 bits per heavy atom. The third kappa shape index (κ3) is 6.51. The number of halogens is 1. The molecular formula is C30H33FN4O3. The Labute approximate surface area is 222 Å². The summed E-state index contributed by atoms with van der Waals surface area (Å²) in [6.07, 6.45) is 2.62. The second-order valence-electron chi connectivity index (χ2n) is 9.40. The van der Waals surface area contributed by atoms with Crippen molar-refractivity contribution in [3.05, 3.63) is 102 Å². The van der Waals surface area contributed by atoms with Gasteiger partial charge in [-0.1, -0.05) is 48.5 Å². The first-order valence-electron chi connectivity index (χ1n) is 12.5. The van der Waals surface area contributed by atoms with E-state index in [2.05, 4.69) is 11.1 Å². The van der Waals surface area contributed by atoms with Crippen molar-refractivity contribution in [1.82, 2.24) is 19.7 Å². The van der Waals surface area contributed by atoms with Crippen LogP contribution in [0.1, 0.15) is 16.7 Å². The summed E-state index contributed by atoms with van der Waals surface area (Å²) in [5.41, 5.74) is 3.79. The normalized spacial score (nSPS) is 10.8. The van der Waals surface area contributed by atoms with E-state index in [1.165, 1.54) is 21.9 Å². The van der Waals surface area contributed by atoms with Crippen molar-refractivity contribution in [3.63, 3.8) is 0 Å². The van der Waals surface area contributed by atoms with Gasteiger partial charge in [0, 0.05) is 56.4 Å². The lowest BCUT2D eigenvalue weighted by atomic mass is 10.1. The van der Waals surface area contributed by atoms with Gasteiger partial charge in [-0.15, -0.1) is 0 Å². The van der Waals surface area contributed by atoms with Crippen molar-refractivity contribution < 1.29 is 18.7 Å². The molecule has 1 heterocycles. The van der Waals surface area contributed by atoms with Crippen molar-refractivity contribution in [3.8, 4) is 5.75 Å². The van der Waals surface area contributed by atoms with Gasteiger partial charge in [-0.25, -0.2) is 9.18 Å². The number of carbonyl (C=O) groups excluding carboxylic acids is 2. The maximum Gasteiger partial charge on any atom is 0.320 e. The highest BCUT2D eigenvalue weighted by molar-refractivity contribution is 5.85. The summed E-state index contributed by atoms with van der Waals surface area (Å²) in [5.74, 6) is 0.161. The number of H-pyrrole nitrogens is 1. The van der Waals surface area contributed by atoms with Gasteiger partial charge < -0.3 is 24.4 Å². The van der Waals surface area contributed by atoms with Crippen LogP contribution in [-0.2, 0) is 24.3 Å². The second-order valence-corrected chi connectivity index (χ2v) is 9.40. The molecule has 38 heavy (non-hydrogen) atoms. The molecule has 0 aliphatic heterocycles. The van der Waals surface area contributed by atoms with E-state index in [0.29, 0.717) is 25.3 Å². The van der Waals surface area contributed by atoms with Gasteiger partial charge in [0.2, 0.25) is 5.91 Å². The van der Waals surface area contributed by atoms with Crippen LogP contribution in [0.25, 0.3) is 10.9 Å². The second kappa shape index (κ2) is 12.3. The number of urea groups is 1. The van der Waals surface area contributed by atoms with Crippen LogP contribution in [0.15, 0.2) is 79.0 Å². The summed E-state index contributed by atoms with van der Waals surface area (Å²) in [5, 5.41) is 1.12. The van der Waals surface area contributed by atoms with Gasteiger partial charge >= 0.3 is 6.03 Å². The summed E-state index contributed by atoms with van der Waals surface area (Å²) >= 11 is 0. The molecule has 0 spiro atoms. The molecule has 0 saturated heterocycles. The first-order chi connectivity index (χ1) is 18.4. The number of ether oxygens (including phenoxy) is 1. The molecule has 3 aromatic carbocycles. The molecule has 0 saturated carbocycles. The molecule has 0 bridgehead atoms. The minimum Gasteiger partial charge on any atom is -0.496 e. The smallest absolute Gasteiger partial charge is 0.320 e. The van der Waals surface area contributed by atoms with Crippen molar-refractivity contribution in [2.45, 2.75) is 19.5 Å². The van der Waals surface area contributed by atoms with Gasteiger partial charge in [0.25, 0.3) is 0 Å². The van der Waals surface area contributed by atoms with Crippen LogP contribution in [0, 0.1) is 5.82 Å². The van der Waals surface area contributed by atoms with E-state index in [0.717, 1.165) is 27.6 Å². The molecule has 4 rings (SSSR count). The molecule has 0 radical (unpaired) electrons. The van der Waals surface area contributed by atoms with Gasteiger partial charge in [-0.3, -0.25) is 4.79 Å². The molecule has 8 heteroatoms. The zero-order valence-corrected chi connectivity index (χ0v) is 22.0. The van der Waals surface area contributed by atoms with Crippen LogP contribution in [0.4, 0.5) is 9.18 Å². The third-order valence-corrected chi connectivity index (χ3v) is 6.50. The van der Waals surface area contributed by atoms with E-state index >= 15 is 0 Å². The number of nitrogens with zero attached hydrogens (tertiary/aromatic N) is 3. The number of carbonyl (C=O) groups is 2. The number of fused-ring (bicyclic) bond motifs is 1. The Balaban J connectivity index is 1.57. The Kier molecular flexibility index (Phi) is 8.63. The van der Waals surface area contributed by atoms with Crippen LogP contribution >= 0.6 is 0 Å². The number of nitrogens with one attached hydrogen (secondary N) is 1. The summed E-state index contributed by atoms with van der Waals surface area (Å²) in [6, 6.07) is 21.3. The van der Waals surface area contributed by atoms with Crippen LogP contribution < -0.4 is 4.74 Å². The van der Waals surface area contributed by atoms with Gasteiger partial charge in [0.15, 0.2) is 0 Å². The third-order valence-electron chi connectivity index (χ3n) is 6.50. The van der Waals surface area contributed by atoms with E-state index in [1.807, 2.05) is 48.7 Å². The van der Waals surface area contributed by atoms with Crippen LogP contribution in [-0.4, -0.2) is 65.9 Å². The number of aromatic amines is 1. The number of amides is 3. The van der Waals surface area contributed by atoms with E-state index < -0.39 is 0 Å². The number of methoxy groups -OCH3 is 1. The first kappa shape index (κ1) is 26.7. The highest BCUT2D eigenvalue weighted by Gasteiger charge is 2.24. The predicted molar refractivity (Wildman–Crippen MR) is 146 cm³/mol. The summed E-state index contributed by atoms with van der Waals surface area (Å²) in [7, 11) is 4.90. The fourth-order valence-electron chi connectivity index (χ4n) is 4.47. The predicted octanol–water partition coefficient (Wildman–Crippen LogP) is 5.07. The van der Waals surface area contributed by atoms with E-state index in [4.69, 9.17) is 4.74 Å². The Bertz CT molecular complexity index is 1380. The van der Waals surface area contributed by atoms with Gasteiger partial charge in [0.05, 0.1) is 7.11 Å². The number of para-hydroxylation sites is 2. The van der Waals surface area contributed by atoms with E-state index in [1.54, 1.807) is 38.2 Å². The highest BCUT2D eigenvalue weighted by Crippen LogP contribution is 2.22. The molecule has 7 nitrogen and oxygen atoms in total. The molecule has 0 aliphatic carbocycles. The molecular weight excluding hydrogens is 483 g/mol. The van der Waals surface area contributed by atoms with Crippen LogP contribution in [0.3, 0.4) is 0 Å². The number of benzene rings is 3. The lowest BCUT2D eigenvalue weighted by molar-refractivity contribution is -0.132. The standard InChI is InChI=1S/C30H33FN4O3/c1-33(2)30(37)35(19-22-12-14-25(31)15-13-22)21-29(36)34(20-24-8-4-7-11-28(24)38-3)17-16-23-18-32-27-10-6-5-9-26(23)27/h4-15,18,32H,16-17,19-21H2,1-3H3. The summed E-state index contributed by atoms with van der Waals surface area (Å²) < 4.78 is 19.0. The fraction of sp³-hybridized carbons (Fsp3) is 0.267. The SMILES string of the molecule is COc1ccccc1CN(CCc1c[nH]c2ccccc12)C(=O)CN(Cc1ccc(F)cc1)C(=O)N(C)C. The zero-order valence-electron chi connectivity index (χ0n) is 22.0. The average molecular weight is 517 g/mol. The van der Waals surface area contributed by atoms with Crippen molar-refractivity contribution >= 4 is 22.8 Å². The monoisotopic (exact) mass is 516 g/mol. The summed E-state index contributed by atoms with van der Waals surface area (Å²) in [6.45, 7) is 0.871. The Morgan fingerprint density at radius 1 is 0.868 bits per heavy atom. The molecule has 1 N–H and O–H groups in total. The topological polar surface area (TPSA) is 68.9 Å². The number of rotatable bonds is 10. The fourth-order valence-corrected chi connectivity index (χ4v) is 4.47. The van der Waals surface area contributed by atoms with E-state index in [-0.39, 0.29) is 30.8 Å². The minimum absolute atomic E-state index is 0.114. The van der Waals surface area contributed by atoms with Crippen LogP contribution in [0.2, 0.25) is 0 Å². The number of aromatic nitrogens is 1. The molecule has 4 aromatic rings. The summed E-state index contributed by atoms with van der Waals surface area (Å²) in [4.78, 5) is 34.7. The van der Waals surface area contributed by atoms with Crippen molar-refractivity contribution in [1.29, 1.82) is 0 Å². The van der Waals surface area contributed by atoms with Gasteiger partial charge in [0.1, 0.15) is 18.1 Å². The maximum absolute atomic E-state index is 13.8. The highest BCUT2D eigenvalue weighted by atomic mass is 19.1. The molecule has 3 amide bonds. The van der Waals surface area contributed by atoms with Crippen LogP contribution in [0.5, 0.6) is 5.75 Å². The molecule has 0 fully saturated rings.